The Kier molecular flexibility index (Phi) is 4.33. The van der Waals surface area contributed by atoms with Crippen molar-refractivity contribution >= 4 is 21.6 Å². The number of nitrogens with two attached hydrogens (primary N) is 1. The van der Waals surface area contributed by atoms with Crippen molar-refractivity contribution in [3.8, 4) is 0 Å². The molecule has 0 radical (unpaired) electrons. The third-order valence-electron chi connectivity index (χ3n) is 4.13. The maximum atomic E-state index is 6.04. The Labute approximate surface area is 118 Å². The summed E-state index contributed by atoms with van der Waals surface area (Å²) in [5.74, 6) is 0.828. The maximum Gasteiger partial charge on any atom is 0.0498 e. The van der Waals surface area contributed by atoms with E-state index in [1.54, 1.807) is 0 Å². The van der Waals surface area contributed by atoms with E-state index in [1.165, 1.54) is 36.9 Å². The molecule has 2 nitrogen and oxygen atoms in total. The molecule has 1 aromatic rings. The lowest BCUT2D eigenvalue weighted by Crippen LogP contribution is -2.43. The van der Waals surface area contributed by atoms with Crippen molar-refractivity contribution in [2.45, 2.75) is 45.1 Å². The van der Waals surface area contributed by atoms with Crippen molar-refractivity contribution in [3.63, 3.8) is 0 Å². The fourth-order valence-corrected chi connectivity index (χ4v) is 3.66. The van der Waals surface area contributed by atoms with Gasteiger partial charge in [-0.05, 0) is 55.9 Å². The molecule has 1 aliphatic carbocycles. The predicted octanol–water partition coefficient (Wildman–Crippen LogP) is 4.08. The van der Waals surface area contributed by atoms with Gasteiger partial charge in [-0.1, -0.05) is 29.3 Å². The van der Waals surface area contributed by atoms with Crippen LogP contribution in [0.4, 0.5) is 5.69 Å². The number of rotatable bonds is 4. The first-order chi connectivity index (χ1) is 8.57. The number of hydrogen-bond acceptors (Lipinski definition) is 2. The van der Waals surface area contributed by atoms with Gasteiger partial charge in [-0.15, -0.1) is 0 Å². The first-order valence-electron chi connectivity index (χ1n) is 6.82. The molecule has 0 amide bonds. The summed E-state index contributed by atoms with van der Waals surface area (Å²) in [7, 11) is 0. The normalized spacial score (nSPS) is 27.4. The molecule has 0 spiro atoms. The Morgan fingerprint density at radius 2 is 2.22 bits per heavy atom. The first kappa shape index (κ1) is 13.9. The fraction of sp³-hybridized carbons (Fsp3) is 0.600. The van der Waals surface area contributed by atoms with Gasteiger partial charge in [0.1, 0.15) is 0 Å². The topological polar surface area (TPSA) is 38.0 Å². The van der Waals surface area contributed by atoms with E-state index >= 15 is 0 Å². The minimum Gasteiger partial charge on any atom is -0.378 e. The van der Waals surface area contributed by atoms with E-state index < -0.39 is 0 Å². The van der Waals surface area contributed by atoms with Gasteiger partial charge in [0, 0.05) is 22.2 Å². The third-order valence-corrected chi connectivity index (χ3v) is 4.59. The second-order valence-electron chi connectivity index (χ2n) is 5.64. The SMILES string of the molecule is CCC1CCC(CN)(Nc2cc(C)cc(Br)c2)C1. The lowest BCUT2D eigenvalue weighted by atomic mass is 9.94. The van der Waals surface area contributed by atoms with Gasteiger partial charge in [-0.2, -0.15) is 0 Å². The van der Waals surface area contributed by atoms with Gasteiger partial charge >= 0.3 is 0 Å². The largest absolute Gasteiger partial charge is 0.378 e. The standard InChI is InChI=1S/C15H23BrN2/c1-3-12-4-5-15(9-12,10-17)18-14-7-11(2)6-13(16)8-14/h6-8,12,18H,3-5,9-10,17H2,1-2H3. The molecule has 3 heteroatoms. The van der Waals surface area contributed by atoms with E-state index in [0.717, 1.165) is 16.9 Å². The monoisotopic (exact) mass is 310 g/mol. The minimum absolute atomic E-state index is 0.105. The summed E-state index contributed by atoms with van der Waals surface area (Å²) in [6, 6.07) is 6.47. The van der Waals surface area contributed by atoms with E-state index in [-0.39, 0.29) is 5.54 Å². The number of aryl methyl sites for hydroxylation is 1. The van der Waals surface area contributed by atoms with Crippen molar-refractivity contribution in [2.75, 3.05) is 11.9 Å². The molecule has 0 heterocycles. The van der Waals surface area contributed by atoms with E-state index in [4.69, 9.17) is 5.73 Å². The van der Waals surface area contributed by atoms with Crippen molar-refractivity contribution in [3.05, 3.63) is 28.2 Å². The lowest BCUT2D eigenvalue weighted by molar-refractivity contribution is 0.449. The van der Waals surface area contributed by atoms with Crippen molar-refractivity contribution in [2.24, 2.45) is 11.7 Å². The van der Waals surface area contributed by atoms with Gasteiger partial charge < -0.3 is 11.1 Å². The van der Waals surface area contributed by atoms with Gasteiger partial charge in [0.05, 0.1) is 0 Å². The molecular formula is C15H23BrN2. The highest BCUT2D eigenvalue weighted by Crippen LogP contribution is 2.38. The smallest absolute Gasteiger partial charge is 0.0498 e. The zero-order valence-electron chi connectivity index (χ0n) is 11.3. The second kappa shape index (κ2) is 5.62. The lowest BCUT2D eigenvalue weighted by Gasteiger charge is -2.31. The average Bonchev–Trinajstić information content (AvgIpc) is 2.72. The van der Waals surface area contributed by atoms with Crippen LogP contribution >= 0.6 is 15.9 Å². The zero-order valence-corrected chi connectivity index (χ0v) is 12.9. The van der Waals surface area contributed by atoms with E-state index in [0.29, 0.717) is 0 Å². The number of anilines is 1. The Morgan fingerprint density at radius 3 is 2.78 bits per heavy atom. The van der Waals surface area contributed by atoms with E-state index in [1.807, 2.05) is 0 Å². The molecule has 0 saturated heterocycles. The summed E-state index contributed by atoms with van der Waals surface area (Å²) in [4.78, 5) is 0. The van der Waals surface area contributed by atoms with Crippen molar-refractivity contribution in [1.29, 1.82) is 0 Å². The molecule has 1 saturated carbocycles. The summed E-state index contributed by atoms with van der Waals surface area (Å²) < 4.78 is 1.13. The minimum atomic E-state index is 0.105. The van der Waals surface area contributed by atoms with Gasteiger partial charge in [0.2, 0.25) is 0 Å². The van der Waals surface area contributed by atoms with Gasteiger partial charge in [0.15, 0.2) is 0 Å². The third kappa shape index (κ3) is 3.07. The van der Waals surface area contributed by atoms with Crippen LogP contribution in [-0.4, -0.2) is 12.1 Å². The van der Waals surface area contributed by atoms with Crippen LogP contribution in [0.5, 0.6) is 0 Å². The first-order valence-corrected chi connectivity index (χ1v) is 7.61. The molecule has 2 atom stereocenters. The molecule has 100 valence electrons. The summed E-state index contributed by atoms with van der Waals surface area (Å²) in [6.07, 6.45) is 4.95. The van der Waals surface area contributed by atoms with Crippen LogP contribution in [0.25, 0.3) is 0 Å². The van der Waals surface area contributed by atoms with Gasteiger partial charge in [-0.3, -0.25) is 0 Å². The van der Waals surface area contributed by atoms with E-state index in [2.05, 4.69) is 53.3 Å². The summed E-state index contributed by atoms with van der Waals surface area (Å²) in [5, 5.41) is 3.70. The van der Waals surface area contributed by atoms with Crippen molar-refractivity contribution in [1.82, 2.24) is 0 Å². The molecule has 18 heavy (non-hydrogen) atoms. The maximum absolute atomic E-state index is 6.04. The quantitative estimate of drug-likeness (QED) is 0.879. The number of hydrogen-bond donors (Lipinski definition) is 2. The van der Waals surface area contributed by atoms with Crippen LogP contribution < -0.4 is 11.1 Å². The highest BCUT2D eigenvalue weighted by atomic mass is 79.9. The molecule has 0 bridgehead atoms. The van der Waals surface area contributed by atoms with Crippen LogP contribution in [0.2, 0.25) is 0 Å². The highest BCUT2D eigenvalue weighted by Gasteiger charge is 2.37. The molecule has 2 unspecified atom stereocenters. The Balaban J connectivity index is 2.15. The Hall–Kier alpha value is -0.540. The number of halogens is 1. The molecule has 1 aliphatic rings. The molecule has 0 aliphatic heterocycles. The van der Waals surface area contributed by atoms with Crippen LogP contribution in [0.15, 0.2) is 22.7 Å². The molecule has 2 rings (SSSR count). The van der Waals surface area contributed by atoms with Crippen LogP contribution in [-0.2, 0) is 0 Å². The molecule has 1 aromatic carbocycles. The zero-order chi connectivity index (χ0) is 13.2. The van der Waals surface area contributed by atoms with Gasteiger partial charge in [0.25, 0.3) is 0 Å². The predicted molar refractivity (Wildman–Crippen MR) is 81.9 cm³/mol. The van der Waals surface area contributed by atoms with Crippen LogP contribution in [0, 0.1) is 12.8 Å². The molecule has 3 N–H and O–H groups in total. The van der Waals surface area contributed by atoms with Crippen LogP contribution in [0.1, 0.15) is 38.2 Å². The van der Waals surface area contributed by atoms with E-state index in [9.17, 15) is 0 Å². The summed E-state index contributed by atoms with van der Waals surface area (Å²) >= 11 is 3.56. The molecule has 0 aromatic heterocycles. The highest BCUT2D eigenvalue weighted by molar-refractivity contribution is 9.10. The number of nitrogens with one attached hydrogen (secondary N) is 1. The summed E-state index contributed by atoms with van der Waals surface area (Å²) in [6.45, 7) is 5.12. The van der Waals surface area contributed by atoms with Crippen LogP contribution in [0.3, 0.4) is 0 Å². The number of benzene rings is 1. The summed E-state index contributed by atoms with van der Waals surface area (Å²) in [5.41, 5.74) is 8.59. The average molecular weight is 311 g/mol. The van der Waals surface area contributed by atoms with Crippen molar-refractivity contribution < 1.29 is 0 Å². The Bertz CT molecular complexity index is 399. The molecular weight excluding hydrogens is 288 g/mol. The fourth-order valence-electron chi connectivity index (χ4n) is 3.05. The second-order valence-corrected chi connectivity index (χ2v) is 6.56. The van der Waals surface area contributed by atoms with Gasteiger partial charge in [-0.25, -0.2) is 0 Å². The Morgan fingerprint density at radius 1 is 1.44 bits per heavy atom. The molecule has 1 fully saturated rings.